The number of hydrogen-bond donors (Lipinski definition) is 1. The highest BCUT2D eigenvalue weighted by Crippen LogP contribution is 2.40. The highest BCUT2D eigenvalue weighted by atomic mass is 16.1. The van der Waals surface area contributed by atoms with E-state index in [0.717, 1.165) is 36.8 Å². The Kier molecular flexibility index (Phi) is 2.66. The molecule has 0 fully saturated rings. The number of amides is 1. The van der Waals surface area contributed by atoms with E-state index in [1.165, 1.54) is 22.3 Å². The van der Waals surface area contributed by atoms with E-state index in [0.29, 0.717) is 6.04 Å². The van der Waals surface area contributed by atoms with Crippen molar-refractivity contribution in [1.29, 1.82) is 0 Å². The molecule has 1 N–H and O–H groups in total. The summed E-state index contributed by atoms with van der Waals surface area (Å²) in [5, 5.41) is 4.13. The minimum atomic E-state index is 0.0841. The van der Waals surface area contributed by atoms with Crippen LogP contribution in [0, 0.1) is 0 Å². The predicted octanol–water partition coefficient (Wildman–Crippen LogP) is 3.46. The topological polar surface area (TPSA) is 34.0 Å². The van der Waals surface area contributed by atoms with Gasteiger partial charge in [0.1, 0.15) is 0 Å². The molecule has 0 aliphatic carbocycles. The number of rotatable bonds is 1. The first-order valence-corrected chi connectivity index (χ1v) is 8.32. The molecule has 1 unspecified atom stereocenters. The van der Waals surface area contributed by atoms with Crippen LogP contribution in [0.2, 0.25) is 0 Å². The molecule has 0 spiro atoms. The number of aromatic nitrogens is 1. The van der Waals surface area contributed by atoms with Crippen molar-refractivity contribution in [1.82, 2.24) is 9.88 Å². The molecular weight excluding hydrogens is 284 g/mol. The van der Waals surface area contributed by atoms with E-state index in [2.05, 4.69) is 58.4 Å². The lowest BCUT2D eigenvalue weighted by Crippen LogP contribution is -2.33. The van der Waals surface area contributed by atoms with Gasteiger partial charge in [0.05, 0.1) is 17.1 Å². The number of hydrogen-bond acceptors (Lipinski definition) is 1. The van der Waals surface area contributed by atoms with E-state index in [-0.39, 0.29) is 5.91 Å². The predicted molar refractivity (Wildman–Crippen MR) is 90.9 cm³/mol. The summed E-state index contributed by atoms with van der Waals surface area (Å²) < 4.78 is 2.46. The molecule has 5 rings (SSSR count). The Hall–Kier alpha value is -2.55. The maximum absolute atomic E-state index is 12.5. The Morgan fingerprint density at radius 3 is 2.74 bits per heavy atom. The third kappa shape index (κ3) is 1.73. The van der Waals surface area contributed by atoms with Crippen molar-refractivity contribution in [3.63, 3.8) is 0 Å². The normalized spacial score (nSPS) is 19.5. The summed E-state index contributed by atoms with van der Waals surface area (Å²) in [6.07, 6.45) is 3.08. The lowest BCUT2D eigenvalue weighted by Gasteiger charge is -2.29. The van der Waals surface area contributed by atoms with Crippen LogP contribution in [0.1, 0.15) is 39.6 Å². The van der Waals surface area contributed by atoms with E-state index in [9.17, 15) is 4.79 Å². The van der Waals surface area contributed by atoms with Gasteiger partial charge < -0.3 is 9.88 Å². The molecule has 0 saturated carbocycles. The molecule has 0 bridgehead atoms. The standard InChI is InChI=1S/C20H18N2O/c23-20-18-15-8-4-7-14-9-10-16(13-5-2-1-3-6-13)22(19(14)15)17(18)11-12-21-20/h1-8,16H,9-12H2,(H,21,23). The molecule has 1 atom stereocenters. The summed E-state index contributed by atoms with van der Waals surface area (Å²) in [6, 6.07) is 17.4. The highest BCUT2D eigenvalue weighted by molar-refractivity contribution is 6.10. The fourth-order valence-corrected chi connectivity index (χ4v) is 4.33. The third-order valence-corrected chi connectivity index (χ3v) is 5.27. The van der Waals surface area contributed by atoms with E-state index in [1.807, 2.05) is 0 Å². The quantitative estimate of drug-likeness (QED) is 0.734. The minimum absolute atomic E-state index is 0.0841. The van der Waals surface area contributed by atoms with Crippen molar-refractivity contribution in [2.24, 2.45) is 0 Å². The second kappa shape index (κ2) is 4.72. The van der Waals surface area contributed by atoms with Crippen LogP contribution in [-0.2, 0) is 12.8 Å². The number of carbonyl (C=O) groups excluding carboxylic acids is 1. The SMILES string of the molecule is O=C1NCCc2c1c1cccc3c1n2C(c1ccccc1)CC3. The number of para-hydroxylation sites is 1. The van der Waals surface area contributed by atoms with E-state index in [1.54, 1.807) is 0 Å². The van der Waals surface area contributed by atoms with Crippen molar-refractivity contribution in [2.75, 3.05) is 6.54 Å². The molecule has 2 aromatic carbocycles. The first kappa shape index (κ1) is 12.9. The van der Waals surface area contributed by atoms with Crippen molar-refractivity contribution in [2.45, 2.75) is 25.3 Å². The zero-order valence-corrected chi connectivity index (χ0v) is 12.9. The van der Waals surface area contributed by atoms with Gasteiger partial charge in [0, 0.05) is 24.0 Å². The van der Waals surface area contributed by atoms with Crippen LogP contribution in [0.4, 0.5) is 0 Å². The maximum Gasteiger partial charge on any atom is 0.253 e. The number of fused-ring (bicyclic) bond motifs is 3. The summed E-state index contributed by atoms with van der Waals surface area (Å²) in [6.45, 7) is 0.735. The van der Waals surface area contributed by atoms with Gasteiger partial charge in [-0.15, -0.1) is 0 Å². The van der Waals surface area contributed by atoms with Crippen molar-refractivity contribution >= 4 is 16.8 Å². The molecule has 3 aromatic rings. The number of aryl methyl sites for hydroxylation is 1. The molecule has 0 saturated heterocycles. The summed E-state index contributed by atoms with van der Waals surface area (Å²) in [5.41, 5.74) is 6.10. The molecule has 1 aromatic heterocycles. The number of nitrogens with one attached hydrogen (secondary N) is 1. The minimum Gasteiger partial charge on any atom is -0.352 e. The summed E-state index contributed by atoms with van der Waals surface area (Å²) >= 11 is 0. The Balaban J connectivity index is 1.86. The first-order valence-electron chi connectivity index (χ1n) is 8.32. The maximum atomic E-state index is 12.5. The van der Waals surface area contributed by atoms with Gasteiger partial charge in [-0.2, -0.15) is 0 Å². The van der Waals surface area contributed by atoms with Gasteiger partial charge >= 0.3 is 0 Å². The van der Waals surface area contributed by atoms with Crippen LogP contribution < -0.4 is 5.32 Å². The second-order valence-corrected chi connectivity index (χ2v) is 6.48. The van der Waals surface area contributed by atoms with E-state index < -0.39 is 0 Å². The molecule has 3 heterocycles. The van der Waals surface area contributed by atoms with Crippen LogP contribution >= 0.6 is 0 Å². The smallest absolute Gasteiger partial charge is 0.253 e. The molecule has 2 aliphatic heterocycles. The third-order valence-electron chi connectivity index (χ3n) is 5.27. The molecule has 23 heavy (non-hydrogen) atoms. The molecular formula is C20H18N2O. The molecule has 3 nitrogen and oxygen atoms in total. The van der Waals surface area contributed by atoms with Gasteiger partial charge in [-0.3, -0.25) is 4.79 Å². The molecule has 2 aliphatic rings. The van der Waals surface area contributed by atoms with Crippen molar-refractivity contribution in [3.05, 3.63) is 70.9 Å². The monoisotopic (exact) mass is 302 g/mol. The molecule has 1 amide bonds. The average Bonchev–Trinajstić information content (AvgIpc) is 2.94. The zero-order chi connectivity index (χ0) is 15.4. The summed E-state index contributed by atoms with van der Waals surface area (Å²) in [7, 11) is 0. The van der Waals surface area contributed by atoms with Crippen LogP contribution in [0.15, 0.2) is 48.5 Å². The second-order valence-electron chi connectivity index (χ2n) is 6.48. The Labute approximate surface area is 134 Å². The Bertz CT molecular complexity index is 924. The molecule has 3 heteroatoms. The van der Waals surface area contributed by atoms with E-state index >= 15 is 0 Å². The van der Waals surface area contributed by atoms with E-state index in [4.69, 9.17) is 0 Å². The Morgan fingerprint density at radius 2 is 1.87 bits per heavy atom. The van der Waals surface area contributed by atoms with Crippen molar-refractivity contribution < 1.29 is 4.79 Å². The average molecular weight is 302 g/mol. The van der Waals surface area contributed by atoms with Crippen LogP contribution in [-0.4, -0.2) is 17.0 Å². The van der Waals surface area contributed by atoms with Gasteiger partial charge in [0.25, 0.3) is 5.91 Å². The van der Waals surface area contributed by atoms with Gasteiger partial charge in [-0.1, -0.05) is 48.5 Å². The lowest BCUT2D eigenvalue weighted by molar-refractivity contribution is 0.0946. The van der Waals surface area contributed by atoms with Crippen LogP contribution in [0.25, 0.3) is 10.9 Å². The molecule has 114 valence electrons. The molecule has 0 radical (unpaired) electrons. The summed E-state index contributed by atoms with van der Waals surface area (Å²) in [5.74, 6) is 0.0841. The van der Waals surface area contributed by atoms with Gasteiger partial charge in [-0.25, -0.2) is 0 Å². The number of nitrogens with zero attached hydrogens (tertiary/aromatic N) is 1. The fraction of sp³-hybridized carbons (Fsp3) is 0.250. The van der Waals surface area contributed by atoms with Crippen molar-refractivity contribution in [3.8, 4) is 0 Å². The van der Waals surface area contributed by atoms with Crippen LogP contribution in [0.5, 0.6) is 0 Å². The number of carbonyl (C=O) groups is 1. The fourth-order valence-electron chi connectivity index (χ4n) is 4.33. The van der Waals surface area contributed by atoms with Gasteiger partial charge in [-0.05, 0) is 24.0 Å². The largest absolute Gasteiger partial charge is 0.352 e. The lowest BCUT2D eigenvalue weighted by atomic mass is 9.94. The first-order chi connectivity index (χ1) is 11.3. The van der Waals surface area contributed by atoms with Crippen LogP contribution in [0.3, 0.4) is 0 Å². The number of benzene rings is 2. The highest BCUT2D eigenvalue weighted by Gasteiger charge is 2.32. The summed E-state index contributed by atoms with van der Waals surface area (Å²) in [4.78, 5) is 12.5. The van der Waals surface area contributed by atoms with Gasteiger partial charge in [0.2, 0.25) is 0 Å². The zero-order valence-electron chi connectivity index (χ0n) is 12.9. The van der Waals surface area contributed by atoms with Gasteiger partial charge in [0.15, 0.2) is 0 Å². The Morgan fingerprint density at radius 1 is 1.00 bits per heavy atom.